The monoisotopic (exact) mass is 416 g/mol. The summed E-state index contributed by atoms with van der Waals surface area (Å²) in [5, 5.41) is 22.7. The van der Waals surface area contributed by atoms with Crippen molar-refractivity contribution in [3.63, 3.8) is 0 Å². The molecule has 2 N–H and O–H groups in total. The zero-order valence-corrected chi connectivity index (χ0v) is 14.8. The number of carbonyl (C=O) groups is 2. The number of carbonyl (C=O) groups excluding carboxylic acids is 1. The number of aliphatic hydroxyl groups excluding tert-OH is 1. The minimum atomic E-state index is -3.12. The fourth-order valence-electron chi connectivity index (χ4n) is 2.85. The maximum atomic E-state index is 14.5. The molecule has 2 aromatic rings. The van der Waals surface area contributed by atoms with Crippen molar-refractivity contribution in [3.8, 4) is 5.69 Å². The molecule has 156 valence electrons. The van der Waals surface area contributed by atoms with E-state index in [0.717, 1.165) is 41.0 Å². The number of aliphatic hydroxyl groups is 1. The van der Waals surface area contributed by atoms with Gasteiger partial charge in [-0.15, -0.1) is 5.10 Å². The van der Waals surface area contributed by atoms with Crippen molar-refractivity contribution in [1.29, 1.82) is 0 Å². The Balaban J connectivity index is 1.99. The largest absolute Gasteiger partial charge is 0.479 e. The Labute approximate surface area is 160 Å². The summed E-state index contributed by atoms with van der Waals surface area (Å²) in [6, 6.07) is 1.98. The van der Waals surface area contributed by atoms with Crippen LogP contribution in [-0.2, 0) is 14.3 Å². The highest BCUT2D eigenvalue weighted by molar-refractivity contribution is 6.02. The van der Waals surface area contributed by atoms with Crippen molar-refractivity contribution in [2.24, 2.45) is 0 Å². The Hall–Kier alpha value is -3.19. The van der Waals surface area contributed by atoms with Crippen molar-refractivity contribution in [1.82, 2.24) is 14.3 Å². The molecule has 10 nitrogen and oxygen atoms in total. The van der Waals surface area contributed by atoms with Gasteiger partial charge < -0.3 is 14.9 Å². The molecule has 13 heteroatoms. The number of hydrogen-bond acceptors (Lipinski definition) is 6. The molecule has 2 unspecified atom stereocenters. The number of hydrogen-bond donors (Lipinski definition) is 2. The van der Waals surface area contributed by atoms with Crippen LogP contribution in [-0.4, -0.2) is 61.3 Å². The highest BCUT2D eigenvalue weighted by Crippen LogP contribution is 2.29. The van der Waals surface area contributed by atoms with E-state index < -0.39 is 47.3 Å². The van der Waals surface area contributed by atoms with Gasteiger partial charge in [-0.3, -0.25) is 19.1 Å². The Morgan fingerprint density at radius 1 is 1.31 bits per heavy atom. The number of carboxylic acid groups (broad SMARTS) is 1. The van der Waals surface area contributed by atoms with Crippen molar-refractivity contribution < 1.29 is 37.7 Å². The first-order chi connectivity index (χ1) is 13.6. The van der Waals surface area contributed by atoms with E-state index in [1.165, 1.54) is 0 Å². The lowest BCUT2D eigenvalue weighted by Gasteiger charge is -2.39. The molecule has 0 saturated carbocycles. The van der Waals surface area contributed by atoms with Gasteiger partial charge in [-0.05, 0) is 13.0 Å². The number of nitrogens with zero attached hydrogens (tertiary/aromatic N) is 4. The quantitative estimate of drug-likeness (QED) is 0.710. The number of carboxylic acids is 1. The first-order valence-electron chi connectivity index (χ1n) is 8.19. The predicted molar refractivity (Wildman–Crippen MR) is 89.4 cm³/mol. The molecule has 1 aliphatic rings. The van der Waals surface area contributed by atoms with Crippen LogP contribution in [0.15, 0.2) is 29.3 Å². The third-order valence-corrected chi connectivity index (χ3v) is 4.45. The van der Waals surface area contributed by atoms with Crippen molar-refractivity contribution >= 4 is 17.7 Å². The number of alkyl halides is 2. The van der Waals surface area contributed by atoms with Gasteiger partial charge in [0.2, 0.25) is 0 Å². The van der Waals surface area contributed by atoms with Crippen LogP contribution in [0.25, 0.3) is 5.69 Å². The summed E-state index contributed by atoms with van der Waals surface area (Å²) in [7, 11) is 0. The van der Waals surface area contributed by atoms with Crippen LogP contribution in [0.3, 0.4) is 0 Å². The maximum absolute atomic E-state index is 14.5. The third kappa shape index (κ3) is 3.49. The number of amides is 1. The molecule has 29 heavy (non-hydrogen) atoms. The summed E-state index contributed by atoms with van der Waals surface area (Å²) < 4.78 is 46.4. The van der Waals surface area contributed by atoms with Crippen LogP contribution < -0.4 is 10.5 Å². The number of aromatic nitrogens is 3. The van der Waals surface area contributed by atoms with Crippen molar-refractivity contribution in [2.45, 2.75) is 25.2 Å². The molecule has 3 heterocycles. The molecule has 1 amide bonds. The molecule has 0 aliphatic carbocycles. The van der Waals surface area contributed by atoms with E-state index in [-0.39, 0.29) is 23.4 Å². The zero-order valence-electron chi connectivity index (χ0n) is 14.8. The van der Waals surface area contributed by atoms with Crippen LogP contribution in [0, 0.1) is 5.82 Å². The van der Waals surface area contributed by atoms with E-state index in [1.807, 2.05) is 0 Å². The first-order valence-corrected chi connectivity index (χ1v) is 8.19. The number of morpholine rings is 1. The second-order valence-corrected chi connectivity index (χ2v) is 6.31. The second-order valence-electron chi connectivity index (χ2n) is 6.31. The third-order valence-electron chi connectivity index (χ3n) is 4.45. The van der Waals surface area contributed by atoms with Gasteiger partial charge in [0.1, 0.15) is 0 Å². The molecule has 0 spiro atoms. The molecule has 0 radical (unpaired) electrons. The molecular formula is C16H15F3N4O6. The van der Waals surface area contributed by atoms with Gasteiger partial charge in [-0.25, -0.2) is 13.9 Å². The van der Waals surface area contributed by atoms with Gasteiger partial charge in [0.05, 0.1) is 25.0 Å². The van der Waals surface area contributed by atoms with E-state index in [9.17, 15) is 32.7 Å². The lowest BCUT2D eigenvalue weighted by atomic mass is 9.95. The highest BCUT2D eigenvalue weighted by atomic mass is 19.3. The summed E-state index contributed by atoms with van der Waals surface area (Å²) in [6.07, 6.45) is -0.640. The van der Waals surface area contributed by atoms with E-state index in [0.29, 0.717) is 0 Å². The molecular weight excluding hydrogens is 401 g/mol. The Morgan fingerprint density at radius 2 is 2.00 bits per heavy atom. The van der Waals surface area contributed by atoms with Crippen LogP contribution in [0.5, 0.6) is 0 Å². The lowest BCUT2D eigenvalue weighted by Crippen LogP contribution is -2.63. The summed E-state index contributed by atoms with van der Waals surface area (Å²) in [5.41, 5.74) is -3.23. The fraction of sp³-hybridized carbons (Fsp3) is 0.375. The number of halogens is 3. The summed E-state index contributed by atoms with van der Waals surface area (Å²) in [6.45, 7) is -2.48. The first kappa shape index (κ1) is 20.5. The highest BCUT2D eigenvalue weighted by Gasteiger charge is 2.51. The Bertz CT molecular complexity index is 1020. The number of ether oxygens (including phenoxy) is 1. The average Bonchev–Trinajstić information content (AvgIpc) is 3.05. The number of pyridine rings is 1. The normalized spacial score (nSPS) is 20.9. The van der Waals surface area contributed by atoms with E-state index in [1.54, 1.807) is 0 Å². The summed E-state index contributed by atoms with van der Waals surface area (Å²) in [4.78, 5) is 36.0. The smallest absolute Gasteiger partial charge is 0.336 e. The van der Waals surface area contributed by atoms with Crippen molar-refractivity contribution in [3.05, 3.63) is 40.7 Å². The summed E-state index contributed by atoms with van der Waals surface area (Å²) in [5.74, 6) is -4.28. The number of aliphatic carboxylic acids is 1. The maximum Gasteiger partial charge on any atom is 0.336 e. The van der Waals surface area contributed by atoms with Gasteiger partial charge in [-0.1, -0.05) is 0 Å². The fourth-order valence-corrected chi connectivity index (χ4v) is 2.85. The SMILES string of the molecule is CC1(C(O)C(=O)O)OCCN(c2nn(-c3ccc(=O)n(C(F)F)c3)cc2F)C1=O. The summed E-state index contributed by atoms with van der Waals surface area (Å²) >= 11 is 0. The molecule has 1 aliphatic heterocycles. The van der Waals surface area contributed by atoms with Crippen LogP contribution >= 0.6 is 0 Å². The van der Waals surface area contributed by atoms with E-state index in [2.05, 4.69) is 5.10 Å². The Kier molecular flexibility index (Phi) is 5.19. The zero-order chi connectivity index (χ0) is 21.5. The lowest BCUT2D eigenvalue weighted by molar-refractivity contribution is -0.181. The molecule has 2 aromatic heterocycles. The minimum absolute atomic E-state index is 0.0795. The van der Waals surface area contributed by atoms with Crippen LogP contribution in [0.1, 0.15) is 13.5 Å². The van der Waals surface area contributed by atoms with Gasteiger partial charge in [0.25, 0.3) is 11.5 Å². The Morgan fingerprint density at radius 3 is 2.62 bits per heavy atom. The van der Waals surface area contributed by atoms with Gasteiger partial charge in [0, 0.05) is 12.3 Å². The van der Waals surface area contributed by atoms with Crippen LogP contribution in [0.2, 0.25) is 0 Å². The number of rotatable bonds is 5. The molecule has 3 rings (SSSR count). The minimum Gasteiger partial charge on any atom is -0.479 e. The molecule has 0 aromatic carbocycles. The van der Waals surface area contributed by atoms with Crippen molar-refractivity contribution in [2.75, 3.05) is 18.1 Å². The van der Waals surface area contributed by atoms with E-state index >= 15 is 0 Å². The second kappa shape index (κ2) is 7.33. The molecule has 1 saturated heterocycles. The van der Waals surface area contributed by atoms with E-state index in [4.69, 9.17) is 9.84 Å². The molecule has 2 atom stereocenters. The molecule has 0 bridgehead atoms. The predicted octanol–water partition coefficient (Wildman–Crippen LogP) is 0.136. The standard InChI is InChI=1S/C16H15F3N4O6/c1-16(11(25)13(26)27)14(28)21(4-5-29-16)12-9(17)7-23(20-12)8-2-3-10(24)22(6-8)15(18)19/h2-3,6-7,11,15,25H,4-5H2,1H3,(H,26,27). The van der Waals surface area contributed by atoms with Gasteiger partial charge in [0.15, 0.2) is 23.3 Å². The van der Waals surface area contributed by atoms with Gasteiger partial charge >= 0.3 is 12.5 Å². The molecule has 1 fully saturated rings. The van der Waals surface area contributed by atoms with Gasteiger partial charge in [-0.2, -0.15) is 8.78 Å². The number of anilines is 1. The van der Waals surface area contributed by atoms with Crippen LogP contribution in [0.4, 0.5) is 19.0 Å². The topological polar surface area (TPSA) is 127 Å². The average molecular weight is 416 g/mol.